The van der Waals surface area contributed by atoms with Crippen LogP contribution in [-0.2, 0) is 28.6 Å². The first-order chi connectivity index (χ1) is 40.0. The highest BCUT2D eigenvalue weighted by molar-refractivity contribution is 5.71. The molecule has 0 N–H and O–H groups in total. The van der Waals surface area contributed by atoms with Crippen molar-refractivity contribution in [3.8, 4) is 0 Å². The number of ether oxygens (including phenoxy) is 3. The monoisotopic (exact) mass is 1120 g/mol. The molecule has 0 amide bonds. The summed E-state index contributed by atoms with van der Waals surface area (Å²) >= 11 is 0. The van der Waals surface area contributed by atoms with Crippen LogP contribution in [0.5, 0.6) is 0 Å². The molecule has 81 heavy (non-hydrogen) atoms. The van der Waals surface area contributed by atoms with Crippen molar-refractivity contribution >= 4 is 17.9 Å². The predicted molar refractivity (Wildman–Crippen MR) is 352 cm³/mol. The summed E-state index contributed by atoms with van der Waals surface area (Å²) in [6, 6.07) is 0. The lowest BCUT2D eigenvalue weighted by Crippen LogP contribution is -2.30. The highest BCUT2D eigenvalue weighted by Crippen LogP contribution is 2.15. The largest absolute Gasteiger partial charge is 0.462 e. The van der Waals surface area contributed by atoms with Gasteiger partial charge in [0.2, 0.25) is 0 Å². The first-order valence-electron chi connectivity index (χ1n) is 33.3. The third kappa shape index (κ3) is 66.0. The molecule has 0 bridgehead atoms. The van der Waals surface area contributed by atoms with Gasteiger partial charge in [-0.05, 0) is 128 Å². The van der Waals surface area contributed by atoms with Crippen LogP contribution in [0.15, 0.2) is 146 Å². The van der Waals surface area contributed by atoms with Gasteiger partial charge in [0.1, 0.15) is 13.2 Å². The van der Waals surface area contributed by atoms with E-state index < -0.39 is 6.10 Å². The minimum atomic E-state index is -0.820. The van der Waals surface area contributed by atoms with E-state index in [0.29, 0.717) is 19.3 Å². The number of unbranched alkanes of at least 4 members (excludes halogenated alkanes) is 24. The SMILES string of the molecule is CC/C=C\C/C=C\C/C=C\C/C=C\C/C=C\C/C=C\C/C=C\CCCCCCCCCC(=O)OCC(COC(=O)CC/C=C\C/C=C\C/C=C\C/C=C\CC)OC(=O)CCCCCCCCCCC/C=C\CCCCCCCCCC. The summed E-state index contributed by atoms with van der Waals surface area (Å²) in [5.41, 5.74) is 0. The zero-order chi connectivity index (χ0) is 58.5. The molecular formula is C75H122O6. The van der Waals surface area contributed by atoms with Crippen LogP contribution in [0.2, 0.25) is 0 Å². The molecule has 1 atom stereocenters. The molecule has 458 valence electrons. The van der Waals surface area contributed by atoms with Crippen LogP contribution in [0.1, 0.15) is 290 Å². The molecule has 0 fully saturated rings. The predicted octanol–water partition coefficient (Wildman–Crippen LogP) is 23.1. The maximum Gasteiger partial charge on any atom is 0.306 e. The molecule has 0 saturated carbocycles. The average molecular weight is 1120 g/mol. The topological polar surface area (TPSA) is 78.9 Å². The molecule has 6 heteroatoms. The number of carbonyl (C=O) groups is 3. The van der Waals surface area contributed by atoms with E-state index >= 15 is 0 Å². The van der Waals surface area contributed by atoms with Crippen molar-refractivity contribution in [2.45, 2.75) is 297 Å². The standard InChI is InChI=1S/C75H122O6/c1-4-7-10-13-16-19-22-25-27-29-31-33-34-35-36-37-38-39-40-42-43-45-47-50-53-56-59-62-65-68-74(77)80-71-72(70-79-73(76)67-64-61-58-55-52-49-24-21-18-15-12-9-6-3)81-75(78)69-66-63-60-57-54-51-48-46-44-41-32-30-28-26-23-20-17-14-11-8-5-2/h7,9-10,12,16,18-19,21,25,27,30-33,35-36,38-39,42-43,49,52,58,61,72H,4-6,8,11,13-15,17,20,22-24,26,28-29,34,37,40-41,44-48,50-51,53-57,59-60,62-71H2,1-3H3/b10-7-,12-9-,19-16-,21-18-,27-25-,32-30-,33-31-,36-35-,39-38-,43-42-,52-49-,61-58-. The lowest BCUT2D eigenvalue weighted by Gasteiger charge is -2.18. The maximum atomic E-state index is 12.9. The van der Waals surface area contributed by atoms with E-state index in [-0.39, 0.29) is 37.5 Å². The first kappa shape index (κ1) is 76.3. The van der Waals surface area contributed by atoms with Crippen molar-refractivity contribution in [3.63, 3.8) is 0 Å². The Hall–Kier alpha value is -4.71. The fourth-order valence-corrected chi connectivity index (χ4v) is 8.90. The fourth-order valence-electron chi connectivity index (χ4n) is 8.90. The summed E-state index contributed by atoms with van der Waals surface area (Å²) in [6.07, 6.45) is 97.3. The van der Waals surface area contributed by atoms with Crippen molar-refractivity contribution in [1.82, 2.24) is 0 Å². The second-order valence-electron chi connectivity index (χ2n) is 21.6. The lowest BCUT2D eigenvalue weighted by atomic mass is 10.1. The van der Waals surface area contributed by atoms with Crippen molar-refractivity contribution < 1.29 is 28.6 Å². The number of carbonyl (C=O) groups excluding carboxylic acids is 3. The lowest BCUT2D eigenvalue weighted by molar-refractivity contribution is -0.166. The number of rotatable bonds is 59. The van der Waals surface area contributed by atoms with Gasteiger partial charge in [-0.3, -0.25) is 14.4 Å². The van der Waals surface area contributed by atoms with Gasteiger partial charge in [-0.2, -0.15) is 0 Å². The molecule has 1 unspecified atom stereocenters. The van der Waals surface area contributed by atoms with Gasteiger partial charge in [0, 0.05) is 19.3 Å². The van der Waals surface area contributed by atoms with E-state index in [0.717, 1.165) is 116 Å². The average Bonchev–Trinajstić information content (AvgIpc) is 3.46. The molecule has 0 aromatic rings. The van der Waals surface area contributed by atoms with Crippen molar-refractivity contribution in [3.05, 3.63) is 146 Å². The second-order valence-corrected chi connectivity index (χ2v) is 21.6. The highest BCUT2D eigenvalue weighted by atomic mass is 16.6. The van der Waals surface area contributed by atoms with Crippen LogP contribution in [-0.4, -0.2) is 37.2 Å². The van der Waals surface area contributed by atoms with Crippen molar-refractivity contribution in [2.75, 3.05) is 13.2 Å². The van der Waals surface area contributed by atoms with Gasteiger partial charge in [-0.1, -0.05) is 289 Å². The summed E-state index contributed by atoms with van der Waals surface area (Å²) in [5, 5.41) is 0. The van der Waals surface area contributed by atoms with E-state index in [1.54, 1.807) is 0 Å². The number of esters is 3. The van der Waals surface area contributed by atoms with Gasteiger partial charge in [-0.25, -0.2) is 0 Å². The van der Waals surface area contributed by atoms with Gasteiger partial charge in [0.05, 0.1) is 0 Å². The molecule has 0 aromatic carbocycles. The third-order valence-corrected chi connectivity index (χ3v) is 13.8. The quantitative estimate of drug-likeness (QED) is 0.0261. The zero-order valence-electron chi connectivity index (χ0n) is 52.5. The second kappa shape index (κ2) is 67.8. The summed E-state index contributed by atoms with van der Waals surface area (Å²) in [4.78, 5) is 38.3. The summed E-state index contributed by atoms with van der Waals surface area (Å²) in [7, 11) is 0. The molecule has 0 heterocycles. The van der Waals surface area contributed by atoms with E-state index in [9.17, 15) is 14.4 Å². The summed E-state index contributed by atoms with van der Waals surface area (Å²) in [6.45, 7) is 6.35. The first-order valence-corrected chi connectivity index (χ1v) is 33.3. The Balaban J connectivity index is 4.39. The molecule has 0 saturated heterocycles. The van der Waals surface area contributed by atoms with E-state index in [1.165, 1.54) is 128 Å². The third-order valence-electron chi connectivity index (χ3n) is 13.8. The molecule has 0 aliphatic carbocycles. The normalized spacial score (nSPS) is 13.1. The summed E-state index contributed by atoms with van der Waals surface area (Å²) < 4.78 is 16.9. The van der Waals surface area contributed by atoms with Gasteiger partial charge in [0.15, 0.2) is 6.10 Å². The molecule has 0 aliphatic rings. The minimum Gasteiger partial charge on any atom is -0.462 e. The Kier molecular flexibility index (Phi) is 63.9. The molecule has 6 nitrogen and oxygen atoms in total. The smallest absolute Gasteiger partial charge is 0.306 e. The van der Waals surface area contributed by atoms with Gasteiger partial charge in [0.25, 0.3) is 0 Å². The van der Waals surface area contributed by atoms with Gasteiger partial charge >= 0.3 is 17.9 Å². The van der Waals surface area contributed by atoms with E-state index in [2.05, 4.69) is 161 Å². The zero-order valence-corrected chi connectivity index (χ0v) is 52.5. The molecule has 0 aliphatic heterocycles. The van der Waals surface area contributed by atoms with Gasteiger partial charge < -0.3 is 14.2 Å². The van der Waals surface area contributed by atoms with Crippen molar-refractivity contribution in [1.29, 1.82) is 0 Å². The Morgan fingerprint density at radius 3 is 0.840 bits per heavy atom. The number of hydrogen-bond acceptors (Lipinski definition) is 6. The fraction of sp³-hybridized carbons (Fsp3) is 0.640. The molecule has 0 radical (unpaired) electrons. The van der Waals surface area contributed by atoms with Crippen LogP contribution in [0.3, 0.4) is 0 Å². The van der Waals surface area contributed by atoms with Crippen molar-refractivity contribution in [2.24, 2.45) is 0 Å². The Morgan fingerprint density at radius 2 is 0.506 bits per heavy atom. The van der Waals surface area contributed by atoms with Crippen LogP contribution < -0.4 is 0 Å². The summed E-state index contributed by atoms with van der Waals surface area (Å²) in [5.74, 6) is -1.01. The molecule has 0 aromatic heterocycles. The molecule has 0 rings (SSSR count). The molecular weight excluding hydrogens is 997 g/mol. The Bertz CT molecular complexity index is 1760. The van der Waals surface area contributed by atoms with Crippen LogP contribution in [0.25, 0.3) is 0 Å². The maximum absolute atomic E-state index is 12.9. The van der Waals surface area contributed by atoms with Crippen LogP contribution in [0.4, 0.5) is 0 Å². The minimum absolute atomic E-state index is 0.111. The van der Waals surface area contributed by atoms with E-state index in [4.69, 9.17) is 14.2 Å². The Morgan fingerprint density at radius 1 is 0.259 bits per heavy atom. The highest BCUT2D eigenvalue weighted by Gasteiger charge is 2.19. The Labute approximate surface area is 499 Å². The van der Waals surface area contributed by atoms with E-state index in [1.807, 2.05) is 6.08 Å². The van der Waals surface area contributed by atoms with Crippen LogP contribution >= 0.6 is 0 Å². The molecule has 0 spiro atoms. The number of allylic oxidation sites excluding steroid dienone is 24. The van der Waals surface area contributed by atoms with Crippen LogP contribution in [0, 0.1) is 0 Å². The number of hydrogen-bond donors (Lipinski definition) is 0. The van der Waals surface area contributed by atoms with Gasteiger partial charge in [-0.15, -0.1) is 0 Å².